The van der Waals surface area contributed by atoms with Crippen LogP contribution in [-0.2, 0) is 0 Å². The molecular formula is C18H21ClO. The summed E-state index contributed by atoms with van der Waals surface area (Å²) < 4.78 is 5.81. The minimum Gasteiger partial charge on any atom is -0.493 e. The van der Waals surface area contributed by atoms with Crippen molar-refractivity contribution < 1.29 is 4.74 Å². The number of unbranched alkanes of at least 4 members (excludes halogenated alkanes) is 1. The fourth-order valence-corrected chi connectivity index (χ4v) is 1.83. The Bertz CT molecular complexity index is 520. The molecule has 0 aliphatic rings. The predicted molar refractivity (Wildman–Crippen MR) is 89.5 cm³/mol. The SMILES string of the molecule is CCCCOc1ccccc1C=Cc1ccccc1.Cl. The maximum atomic E-state index is 5.81. The third-order valence-electron chi connectivity index (χ3n) is 2.93. The van der Waals surface area contributed by atoms with Crippen LogP contribution < -0.4 is 4.74 Å². The van der Waals surface area contributed by atoms with E-state index in [2.05, 4.69) is 37.3 Å². The van der Waals surface area contributed by atoms with Crippen molar-refractivity contribution in [2.75, 3.05) is 6.61 Å². The lowest BCUT2D eigenvalue weighted by molar-refractivity contribution is 0.309. The van der Waals surface area contributed by atoms with Crippen LogP contribution in [0.25, 0.3) is 12.2 Å². The summed E-state index contributed by atoms with van der Waals surface area (Å²) in [6.45, 7) is 2.96. The second-order valence-corrected chi connectivity index (χ2v) is 4.48. The second kappa shape index (κ2) is 9.22. The van der Waals surface area contributed by atoms with Gasteiger partial charge in [-0.05, 0) is 18.1 Å². The minimum atomic E-state index is 0. The summed E-state index contributed by atoms with van der Waals surface area (Å²) >= 11 is 0. The van der Waals surface area contributed by atoms with Crippen LogP contribution in [0.2, 0.25) is 0 Å². The van der Waals surface area contributed by atoms with Crippen LogP contribution in [0, 0.1) is 0 Å². The van der Waals surface area contributed by atoms with Crippen LogP contribution in [-0.4, -0.2) is 6.61 Å². The average molecular weight is 289 g/mol. The number of hydrogen-bond donors (Lipinski definition) is 0. The lowest BCUT2D eigenvalue weighted by Gasteiger charge is -2.08. The number of benzene rings is 2. The van der Waals surface area contributed by atoms with Crippen LogP contribution in [0.1, 0.15) is 30.9 Å². The molecule has 0 amide bonds. The van der Waals surface area contributed by atoms with Gasteiger partial charge in [-0.3, -0.25) is 0 Å². The molecule has 0 unspecified atom stereocenters. The van der Waals surface area contributed by atoms with Gasteiger partial charge in [-0.1, -0.05) is 74.0 Å². The zero-order valence-electron chi connectivity index (χ0n) is 11.8. The molecule has 2 heteroatoms. The topological polar surface area (TPSA) is 9.23 Å². The summed E-state index contributed by atoms with van der Waals surface area (Å²) in [6, 6.07) is 18.5. The normalized spacial score (nSPS) is 10.2. The van der Waals surface area contributed by atoms with Gasteiger partial charge in [0.15, 0.2) is 0 Å². The molecule has 0 aromatic heterocycles. The summed E-state index contributed by atoms with van der Waals surface area (Å²) in [5.41, 5.74) is 2.33. The van der Waals surface area contributed by atoms with E-state index in [9.17, 15) is 0 Å². The van der Waals surface area contributed by atoms with E-state index in [1.165, 1.54) is 5.56 Å². The van der Waals surface area contributed by atoms with E-state index in [1.54, 1.807) is 0 Å². The fraction of sp³-hybridized carbons (Fsp3) is 0.222. The molecule has 1 nitrogen and oxygen atoms in total. The molecular weight excluding hydrogens is 268 g/mol. The molecule has 0 saturated carbocycles. The first-order chi connectivity index (χ1) is 9.40. The van der Waals surface area contributed by atoms with Crippen LogP contribution >= 0.6 is 12.4 Å². The van der Waals surface area contributed by atoms with Crippen molar-refractivity contribution in [3.8, 4) is 5.75 Å². The van der Waals surface area contributed by atoms with E-state index in [0.29, 0.717) is 0 Å². The standard InChI is InChI=1S/C18H20O.ClH/c1-2-3-15-19-18-12-8-7-11-17(18)14-13-16-9-5-4-6-10-16;/h4-14H,2-3,15H2,1H3;1H. The molecule has 0 aliphatic carbocycles. The molecule has 0 heterocycles. The van der Waals surface area contributed by atoms with Crippen molar-refractivity contribution >= 4 is 24.6 Å². The molecule has 2 aromatic carbocycles. The van der Waals surface area contributed by atoms with E-state index in [1.807, 2.05) is 36.4 Å². The molecule has 0 N–H and O–H groups in total. The third kappa shape index (κ3) is 5.10. The summed E-state index contributed by atoms with van der Waals surface area (Å²) in [4.78, 5) is 0. The van der Waals surface area contributed by atoms with Gasteiger partial charge < -0.3 is 4.74 Å². The first-order valence-corrected chi connectivity index (χ1v) is 6.85. The third-order valence-corrected chi connectivity index (χ3v) is 2.93. The molecule has 2 rings (SSSR count). The van der Waals surface area contributed by atoms with Crippen molar-refractivity contribution in [2.24, 2.45) is 0 Å². The van der Waals surface area contributed by atoms with Crippen molar-refractivity contribution in [1.29, 1.82) is 0 Å². The Kier molecular flexibility index (Phi) is 7.52. The highest BCUT2D eigenvalue weighted by Gasteiger charge is 1.98. The largest absolute Gasteiger partial charge is 0.493 e. The summed E-state index contributed by atoms with van der Waals surface area (Å²) in [5, 5.41) is 0. The van der Waals surface area contributed by atoms with Crippen molar-refractivity contribution in [1.82, 2.24) is 0 Å². The smallest absolute Gasteiger partial charge is 0.126 e. The van der Waals surface area contributed by atoms with Crippen LogP contribution in [0.4, 0.5) is 0 Å². The molecule has 106 valence electrons. The van der Waals surface area contributed by atoms with Crippen LogP contribution in [0.5, 0.6) is 5.75 Å². The second-order valence-electron chi connectivity index (χ2n) is 4.48. The van der Waals surface area contributed by atoms with E-state index in [4.69, 9.17) is 4.74 Å². The van der Waals surface area contributed by atoms with Crippen LogP contribution in [0.15, 0.2) is 54.6 Å². The molecule has 20 heavy (non-hydrogen) atoms. The molecule has 0 spiro atoms. The maximum absolute atomic E-state index is 5.81. The van der Waals surface area contributed by atoms with Gasteiger partial charge >= 0.3 is 0 Å². The summed E-state index contributed by atoms with van der Waals surface area (Å²) in [6.07, 6.45) is 6.47. The van der Waals surface area contributed by atoms with Gasteiger partial charge in [0, 0.05) is 5.56 Å². The summed E-state index contributed by atoms with van der Waals surface area (Å²) in [5.74, 6) is 0.961. The monoisotopic (exact) mass is 288 g/mol. The lowest BCUT2D eigenvalue weighted by Crippen LogP contribution is -1.97. The predicted octanol–water partition coefficient (Wildman–Crippen LogP) is 5.46. The maximum Gasteiger partial charge on any atom is 0.126 e. The highest BCUT2D eigenvalue weighted by molar-refractivity contribution is 5.85. The highest BCUT2D eigenvalue weighted by Crippen LogP contribution is 2.21. The number of rotatable bonds is 6. The number of halogens is 1. The average Bonchev–Trinajstić information content (AvgIpc) is 2.48. The Hall–Kier alpha value is -1.73. The highest BCUT2D eigenvalue weighted by atomic mass is 35.5. The quantitative estimate of drug-likeness (QED) is 0.507. The van der Waals surface area contributed by atoms with Gasteiger partial charge in [0.2, 0.25) is 0 Å². The number of ether oxygens (including phenoxy) is 1. The minimum absolute atomic E-state index is 0. The van der Waals surface area contributed by atoms with Crippen molar-refractivity contribution in [3.05, 3.63) is 65.7 Å². The first kappa shape index (κ1) is 16.3. The van der Waals surface area contributed by atoms with E-state index < -0.39 is 0 Å². The Labute approximate surface area is 127 Å². The molecule has 0 saturated heterocycles. The van der Waals surface area contributed by atoms with E-state index >= 15 is 0 Å². The molecule has 0 fully saturated rings. The molecule has 2 aromatic rings. The fourth-order valence-electron chi connectivity index (χ4n) is 1.83. The van der Waals surface area contributed by atoms with Crippen molar-refractivity contribution in [2.45, 2.75) is 19.8 Å². The van der Waals surface area contributed by atoms with E-state index in [-0.39, 0.29) is 12.4 Å². The van der Waals surface area contributed by atoms with Gasteiger partial charge in [-0.2, -0.15) is 0 Å². The Morgan fingerprint density at radius 1 is 0.900 bits per heavy atom. The van der Waals surface area contributed by atoms with Gasteiger partial charge in [-0.25, -0.2) is 0 Å². The molecule has 0 atom stereocenters. The lowest BCUT2D eigenvalue weighted by atomic mass is 10.1. The molecule has 0 aliphatic heterocycles. The van der Waals surface area contributed by atoms with Gasteiger partial charge in [0.25, 0.3) is 0 Å². The Morgan fingerprint density at radius 3 is 2.35 bits per heavy atom. The number of para-hydroxylation sites is 1. The Morgan fingerprint density at radius 2 is 1.60 bits per heavy atom. The molecule has 0 radical (unpaired) electrons. The zero-order chi connectivity index (χ0) is 13.3. The Balaban J connectivity index is 0.00000200. The van der Waals surface area contributed by atoms with Crippen LogP contribution in [0.3, 0.4) is 0 Å². The van der Waals surface area contributed by atoms with E-state index in [0.717, 1.165) is 30.8 Å². The number of hydrogen-bond acceptors (Lipinski definition) is 1. The van der Waals surface area contributed by atoms with Gasteiger partial charge in [0.1, 0.15) is 5.75 Å². The summed E-state index contributed by atoms with van der Waals surface area (Å²) in [7, 11) is 0. The first-order valence-electron chi connectivity index (χ1n) is 6.85. The van der Waals surface area contributed by atoms with Gasteiger partial charge in [-0.15, -0.1) is 12.4 Å². The van der Waals surface area contributed by atoms with Crippen molar-refractivity contribution in [3.63, 3.8) is 0 Å². The van der Waals surface area contributed by atoms with Gasteiger partial charge in [0.05, 0.1) is 6.61 Å². The molecule has 0 bridgehead atoms. The zero-order valence-corrected chi connectivity index (χ0v) is 12.6.